The molecule has 2 aromatic carbocycles. The maximum atomic E-state index is 13.9. The molecule has 1 heterocycles. The molecule has 0 fully saturated rings. The zero-order valence-electron chi connectivity index (χ0n) is 13.5. The molecule has 0 aliphatic carbocycles. The van der Waals surface area contributed by atoms with Crippen molar-refractivity contribution in [2.45, 2.75) is 24.3 Å². The largest absolute Gasteiger partial charge is 0.258 e. The number of halogens is 1. The van der Waals surface area contributed by atoms with Gasteiger partial charge in [-0.05, 0) is 32.0 Å². The summed E-state index contributed by atoms with van der Waals surface area (Å²) < 4.78 is 28.4. The maximum absolute atomic E-state index is 13.9. The summed E-state index contributed by atoms with van der Waals surface area (Å²) in [5, 5.41) is 7.46. The lowest BCUT2D eigenvalue weighted by atomic mass is 10.1. The van der Waals surface area contributed by atoms with Crippen molar-refractivity contribution in [1.29, 1.82) is 0 Å². The topological polar surface area (TPSA) is 47.8 Å². The Balaban J connectivity index is 1.82. The number of aromatic nitrogens is 3. The summed E-state index contributed by atoms with van der Waals surface area (Å²) in [6.07, 6.45) is 1.77. The van der Waals surface area contributed by atoms with Crippen molar-refractivity contribution < 1.29 is 8.60 Å². The molecule has 1 aromatic heterocycles. The number of para-hydroxylation sites is 1. The minimum atomic E-state index is -1.32. The molecule has 0 saturated carbocycles. The fourth-order valence-corrected chi connectivity index (χ4v) is 3.92. The third-order valence-electron chi connectivity index (χ3n) is 3.99. The van der Waals surface area contributed by atoms with Gasteiger partial charge >= 0.3 is 0 Å². The van der Waals surface area contributed by atoms with Gasteiger partial charge in [-0.25, -0.2) is 9.07 Å². The molecule has 0 radical (unpaired) electrons. The van der Waals surface area contributed by atoms with Crippen LogP contribution in [0.2, 0.25) is 0 Å². The van der Waals surface area contributed by atoms with Crippen LogP contribution in [0.5, 0.6) is 0 Å². The smallest absolute Gasteiger partial charge is 0.127 e. The Morgan fingerprint density at radius 1 is 1.00 bits per heavy atom. The third kappa shape index (κ3) is 3.28. The zero-order chi connectivity index (χ0) is 17.1. The van der Waals surface area contributed by atoms with Crippen LogP contribution in [0.1, 0.15) is 35.6 Å². The van der Waals surface area contributed by atoms with Crippen LogP contribution < -0.4 is 0 Å². The molecule has 0 spiro atoms. The van der Waals surface area contributed by atoms with E-state index in [4.69, 9.17) is 0 Å². The second-order valence-electron chi connectivity index (χ2n) is 5.56. The molecule has 0 N–H and O–H groups in total. The van der Waals surface area contributed by atoms with Gasteiger partial charge in [0.15, 0.2) is 0 Å². The molecule has 0 amide bonds. The molecular weight excluding hydrogens is 325 g/mol. The van der Waals surface area contributed by atoms with E-state index in [9.17, 15) is 8.60 Å². The Hall–Kier alpha value is -2.34. The van der Waals surface area contributed by atoms with Crippen LogP contribution in [0.3, 0.4) is 0 Å². The summed E-state index contributed by atoms with van der Waals surface area (Å²) in [7, 11) is -1.32. The van der Waals surface area contributed by atoms with Gasteiger partial charge in [-0.3, -0.25) is 4.21 Å². The molecule has 0 aliphatic heterocycles. The Kier molecular flexibility index (Phi) is 4.85. The van der Waals surface area contributed by atoms with Crippen molar-refractivity contribution in [3.63, 3.8) is 0 Å². The maximum Gasteiger partial charge on any atom is 0.127 e. The van der Waals surface area contributed by atoms with Gasteiger partial charge in [-0.2, -0.15) is 0 Å². The number of benzene rings is 2. The molecule has 0 saturated heterocycles. The SMILES string of the molecule is C[C@H](c1cn(-c2ccccc2)nn1)[S@](=O)[C@H](C)c1ccccc1F. The lowest BCUT2D eigenvalue weighted by Crippen LogP contribution is -2.11. The van der Waals surface area contributed by atoms with Crippen molar-refractivity contribution in [3.05, 3.63) is 77.9 Å². The third-order valence-corrected chi connectivity index (χ3v) is 5.88. The quantitative estimate of drug-likeness (QED) is 0.704. The van der Waals surface area contributed by atoms with Gasteiger partial charge in [0.2, 0.25) is 0 Å². The minimum Gasteiger partial charge on any atom is -0.258 e. The van der Waals surface area contributed by atoms with Crippen molar-refractivity contribution in [1.82, 2.24) is 15.0 Å². The fraction of sp³-hybridized carbons (Fsp3) is 0.222. The summed E-state index contributed by atoms with van der Waals surface area (Å²) >= 11 is 0. The first-order chi connectivity index (χ1) is 11.6. The Morgan fingerprint density at radius 3 is 2.38 bits per heavy atom. The number of hydrogen-bond donors (Lipinski definition) is 0. The average Bonchev–Trinajstić information content (AvgIpc) is 3.11. The van der Waals surface area contributed by atoms with E-state index in [1.54, 1.807) is 36.0 Å². The Labute approximate surface area is 142 Å². The second-order valence-corrected chi connectivity index (χ2v) is 7.63. The van der Waals surface area contributed by atoms with Crippen LogP contribution in [0.25, 0.3) is 5.69 Å². The molecular formula is C18H18FN3OS. The Morgan fingerprint density at radius 2 is 1.67 bits per heavy atom. The molecule has 0 unspecified atom stereocenters. The van der Waals surface area contributed by atoms with Gasteiger partial charge in [-0.1, -0.05) is 41.6 Å². The van der Waals surface area contributed by atoms with Gasteiger partial charge in [-0.15, -0.1) is 5.10 Å². The molecule has 24 heavy (non-hydrogen) atoms. The predicted molar refractivity (Wildman–Crippen MR) is 92.7 cm³/mol. The summed E-state index contributed by atoms with van der Waals surface area (Å²) in [6.45, 7) is 3.60. The summed E-state index contributed by atoms with van der Waals surface area (Å²) in [5.41, 5.74) is 1.97. The van der Waals surface area contributed by atoms with E-state index in [0.717, 1.165) is 5.69 Å². The normalized spacial score (nSPS) is 15.0. The molecule has 4 nitrogen and oxygen atoms in total. The molecule has 3 aromatic rings. The van der Waals surface area contributed by atoms with Crippen LogP contribution in [0, 0.1) is 5.82 Å². The van der Waals surface area contributed by atoms with Crippen LogP contribution in [-0.2, 0) is 10.8 Å². The molecule has 3 rings (SSSR count). The van der Waals surface area contributed by atoms with Crippen molar-refractivity contribution in [2.24, 2.45) is 0 Å². The van der Waals surface area contributed by atoms with E-state index >= 15 is 0 Å². The number of hydrogen-bond acceptors (Lipinski definition) is 3. The first kappa shape index (κ1) is 16.5. The standard InChI is InChI=1S/C18H18FN3OS/c1-13(16-10-6-7-11-17(16)19)24(23)14(2)18-12-22(21-20-18)15-8-4-3-5-9-15/h3-14H,1-2H3/t13-,14-,24-/m1/s1. The molecule has 3 atom stereocenters. The average molecular weight is 343 g/mol. The van der Waals surface area contributed by atoms with E-state index in [1.807, 2.05) is 37.3 Å². The predicted octanol–water partition coefficient (Wildman–Crippen LogP) is 3.98. The van der Waals surface area contributed by atoms with E-state index in [1.165, 1.54) is 6.07 Å². The number of nitrogens with zero attached hydrogens (tertiary/aromatic N) is 3. The lowest BCUT2D eigenvalue weighted by molar-refractivity contribution is 0.605. The first-order valence-corrected chi connectivity index (χ1v) is 8.97. The fourth-order valence-electron chi connectivity index (χ4n) is 2.53. The van der Waals surface area contributed by atoms with Gasteiger partial charge in [0, 0.05) is 16.4 Å². The Bertz CT molecular complexity index is 850. The van der Waals surface area contributed by atoms with E-state index in [2.05, 4.69) is 10.3 Å². The zero-order valence-corrected chi connectivity index (χ0v) is 14.3. The highest BCUT2D eigenvalue weighted by molar-refractivity contribution is 7.85. The number of rotatable bonds is 5. The summed E-state index contributed by atoms with van der Waals surface area (Å²) in [6, 6.07) is 16.0. The summed E-state index contributed by atoms with van der Waals surface area (Å²) in [4.78, 5) is 0. The van der Waals surface area contributed by atoms with Gasteiger partial charge in [0.05, 0.1) is 28.1 Å². The van der Waals surface area contributed by atoms with Gasteiger partial charge in [0.25, 0.3) is 0 Å². The van der Waals surface area contributed by atoms with E-state index in [-0.39, 0.29) is 11.1 Å². The van der Waals surface area contributed by atoms with Crippen LogP contribution in [0.15, 0.2) is 60.8 Å². The minimum absolute atomic E-state index is 0.335. The van der Waals surface area contributed by atoms with Gasteiger partial charge < -0.3 is 0 Å². The lowest BCUT2D eigenvalue weighted by Gasteiger charge is -2.16. The van der Waals surface area contributed by atoms with Crippen LogP contribution >= 0.6 is 0 Å². The monoisotopic (exact) mass is 343 g/mol. The highest BCUT2D eigenvalue weighted by Crippen LogP contribution is 2.30. The van der Waals surface area contributed by atoms with Gasteiger partial charge in [0.1, 0.15) is 5.82 Å². The van der Waals surface area contributed by atoms with Crippen LogP contribution in [0.4, 0.5) is 4.39 Å². The molecule has 0 bridgehead atoms. The van der Waals surface area contributed by atoms with Crippen molar-refractivity contribution in [3.8, 4) is 5.69 Å². The second kappa shape index (κ2) is 7.05. The van der Waals surface area contributed by atoms with Crippen molar-refractivity contribution in [2.75, 3.05) is 0 Å². The molecule has 124 valence electrons. The molecule has 6 heteroatoms. The highest BCUT2D eigenvalue weighted by atomic mass is 32.2. The van der Waals surface area contributed by atoms with Crippen molar-refractivity contribution >= 4 is 10.8 Å². The summed E-state index contributed by atoms with van der Waals surface area (Å²) in [5.74, 6) is -0.335. The van der Waals surface area contributed by atoms with E-state index in [0.29, 0.717) is 11.3 Å². The van der Waals surface area contributed by atoms with E-state index < -0.39 is 16.0 Å². The molecule has 0 aliphatic rings. The first-order valence-electron chi connectivity index (χ1n) is 7.69. The van der Waals surface area contributed by atoms with Crippen LogP contribution in [-0.4, -0.2) is 19.2 Å². The highest BCUT2D eigenvalue weighted by Gasteiger charge is 2.25.